The number of carbonyl (C=O) groups is 1. The third-order valence-electron chi connectivity index (χ3n) is 2.10. The molecule has 1 rings (SSSR count). The van der Waals surface area contributed by atoms with Gasteiger partial charge in [-0.05, 0) is 31.2 Å². The summed E-state index contributed by atoms with van der Waals surface area (Å²) in [4.78, 5) is 12.4. The summed E-state index contributed by atoms with van der Waals surface area (Å²) in [5.41, 5.74) is 0. The molecule has 0 bridgehead atoms. The van der Waals surface area contributed by atoms with Crippen LogP contribution in [0.25, 0.3) is 0 Å². The third-order valence-corrected chi connectivity index (χ3v) is 2.99. The predicted octanol–water partition coefficient (Wildman–Crippen LogP) is 2.91. The van der Waals surface area contributed by atoms with E-state index >= 15 is 0 Å². The van der Waals surface area contributed by atoms with Gasteiger partial charge in [-0.25, -0.2) is 0 Å². The summed E-state index contributed by atoms with van der Waals surface area (Å²) in [6.07, 6.45) is 1.87. The minimum absolute atomic E-state index is 0.226. The van der Waals surface area contributed by atoms with Gasteiger partial charge in [-0.3, -0.25) is 4.79 Å². The highest BCUT2D eigenvalue weighted by Crippen LogP contribution is 2.17. The van der Waals surface area contributed by atoms with Crippen molar-refractivity contribution in [3.8, 4) is 0 Å². The lowest BCUT2D eigenvalue weighted by atomic mass is 9.98. The van der Waals surface area contributed by atoms with Crippen LogP contribution in [0.3, 0.4) is 0 Å². The van der Waals surface area contributed by atoms with Crippen LogP contribution in [0, 0.1) is 5.92 Å². The van der Waals surface area contributed by atoms with E-state index in [1.165, 1.54) is 4.88 Å². The molecular formula is C10H14OS. The fourth-order valence-electron chi connectivity index (χ4n) is 1.25. The van der Waals surface area contributed by atoms with Gasteiger partial charge in [0.05, 0.1) is 0 Å². The average Bonchev–Trinajstić information content (AvgIpc) is 2.51. The summed E-state index contributed by atoms with van der Waals surface area (Å²) >= 11 is 1.73. The molecule has 0 saturated heterocycles. The summed E-state index contributed by atoms with van der Waals surface area (Å²) < 4.78 is 0. The van der Waals surface area contributed by atoms with E-state index in [0.717, 1.165) is 12.8 Å². The summed E-state index contributed by atoms with van der Waals surface area (Å²) in [5, 5.41) is 2.06. The molecule has 12 heavy (non-hydrogen) atoms. The van der Waals surface area contributed by atoms with E-state index in [-0.39, 0.29) is 5.92 Å². The van der Waals surface area contributed by atoms with Crippen molar-refractivity contribution in [1.29, 1.82) is 0 Å². The molecule has 0 N–H and O–H groups in total. The van der Waals surface area contributed by atoms with Crippen molar-refractivity contribution in [2.75, 3.05) is 0 Å². The van der Waals surface area contributed by atoms with Gasteiger partial charge in [-0.15, -0.1) is 11.3 Å². The molecule has 1 heterocycles. The van der Waals surface area contributed by atoms with Crippen LogP contribution in [0.5, 0.6) is 0 Å². The molecule has 0 aliphatic carbocycles. The second-order valence-electron chi connectivity index (χ2n) is 3.00. The molecule has 0 aliphatic heterocycles. The quantitative estimate of drug-likeness (QED) is 0.699. The molecule has 66 valence electrons. The van der Waals surface area contributed by atoms with Gasteiger partial charge < -0.3 is 0 Å². The molecule has 0 saturated carbocycles. The number of thiophene rings is 1. The largest absolute Gasteiger partial charge is 0.300 e. The summed E-state index contributed by atoms with van der Waals surface area (Å²) in [6.45, 7) is 3.75. The zero-order chi connectivity index (χ0) is 8.97. The zero-order valence-corrected chi connectivity index (χ0v) is 8.36. The third kappa shape index (κ3) is 2.45. The van der Waals surface area contributed by atoms with Crippen LogP contribution in [0.4, 0.5) is 0 Å². The number of ketones is 1. The predicted molar refractivity (Wildman–Crippen MR) is 52.5 cm³/mol. The first-order chi connectivity index (χ1) is 5.74. The first-order valence-electron chi connectivity index (χ1n) is 4.27. The molecule has 0 aliphatic rings. The van der Waals surface area contributed by atoms with Gasteiger partial charge in [0.15, 0.2) is 0 Å². The molecule has 0 aromatic carbocycles. The van der Waals surface area contributed by atoms with Crippen LogP contribution in [0.1, 0.15) is 25.1 Å². The van der Waals surface area contributed by atoms with Crippen LogP contribution in [0.2, 0.25) is 0 Å². The molecule has 1 nitrogen and oxygen atoms in total. The SMILES string of the molecule is CCC(Cc1cccs1)C(C)=O. The Morgan fingerprint density at radius 1 is 1.67 bits per heavy atom. The minimum atomic E-state index is 0.226. The molecule has 1 aromatic rings. The maximum atomic E-state index is 11.1. The van der Waals surface area contributed by atoms with Gasteiger partial charge >= 0.3 is 0 Å². The molecule has 1 aromatic heterocycles. The van der Waals surface area contributed by atoms with Crippen LogP contribution >= 0.6 is 11.3 Å². The van der Waals surface area contributed by atoms with Gasteiger partial charge in [0.2, 0.25) is 0 Å². The summed E-state index contributed by atoms with van der Waals surface area (Å²) in [7, 11) is 0. The lowest BCUT2D eigenvalue weighted by molar-refractivity contribution is -0.120. The van der Waals surface area contributed by atoms with Crippen LogP contribution < -0.4 is 0 Å². The van der Waals surface area contributed by atoms with E-state index < -0.39 is 0 Å². The Bertz CT molecular complexity index is 238. The summed E-state index contributed by atoms with van der Waals surface area (Å²) in [6, 6.07) is 4.13. The van der Waals surface area contributed by atoms with Crippen molar-refractivity contribution in [1.82, 2.24) is 0 Å². The van der Waals surface area contributed by atoms with Crippen molar-refractivity contribution >= 4 is 17.1 Å². The molecule has 0 amide bonds. The Labute approximate surface area is 77.4 Å². The van der Waals surface area contributed by atoms with Gasteiger partial charge in [0, 0.05) is 10.8 Å². The van der Waals surface area contributed by atoms with Crippen molar-refractivity contribution in [3.63, 3.8) is 0 Å². The lowest BCUT2D eigenvalue weighted by Crippen LogP contribution is -2.11. The maximum absolute atomic E-state index is 11.1. The van der Waals surface area contributed by atoms with Gasteiger partial charge in [0.1, 0.15) is 5.78 Å². The highest BCUT2D eigenvalue weighted by atomic mass is 32.1. The fraction of sp³-hybridized carbons (Fsp3) is 0.500. The van der Waals surface area contributed by atoms with E-state index in [0.29, 0.717) is 5.78 Å². The Kier molecular flexibility index (Phi) is 3.48. The van der Waals surface area contributed by atoms with Gasteiger partial charge in [-0.2, -0.15) is 0 Å². The fourth-order valence-corrected chi connectivity index (χ4v) is 2.03. The molecule has 0 fully saturated rings. The highest BCUT2D eigenvalue weighted by molar-refractivity contribution is 7.09. The van der Waals surface area contributed by atoms with Crippen LogP contribution in [-0.4, -0.2) is 5.78 Å². The van der Waals surface area contributed by atoms with E-state index in [1.807, 2.05) is 6.07 Å². The number of rotatable bonds is 4. The van der Waals surface area contributed by atoms with Crippen molar-refractivity contribution < 1.29 is 4.79 Å². The molecule has 2 heteroatoms. The van der Waals surface area contributed by atoms with Gasteiger partial charge in [0.25, 0.3) is 0 Å². The van der Waals surface area contributed by atoms with E-state index in [4.69, 9.17) is 0 Å². The maximum Gasteiger partial charge on any atom is 0.133 e. The number of Topliss-reactive ketones (excluding diaryl/α,β-unsaturated/α-hetero) is 1. The normalized spacial score (nSPS) is 12.8. The van der Waals surface area contributed by atoms with E-state index in [1.54, 1.807) is 18.3 Å². The molecule has 1 unspecified atom stereocenters. The molecular weight excluding hydrogens is 168 g/mol. The lowest BCUT2D eigenvalue weighted by Gasteiger charge is -2.08. The zero-order valence-electron chi connectivity index (χ0n) is 7.54. The minimum Gasteiger partial charge on any atom is -0.300 e. The average molecular weight is 182 g/mol. The summed E-state index contributed by atoms with van der Waals surface area (Å²) in [5.74, 6) is 0.537. The smallest absolute Gasteiger partial charge is 0.133 e. The molecule has 1 atom stereocenters. The van der Waals surface area contributed by atoms with Gasteiger partial charge in [-0.1, -0.05) is 13.0 Å². The first kappa shape index (κ1) is 9.46. The standard InChI is InChI=1S/C10H14OS/c1-3-9(8(2)11)7-10-5-4-6-12-10/h4-6,9H,3,7H2,1-2H3. The Morgan fingerprint density at radius 3 is 2.83 bits per heavy atom. The van der Waals surface area contributed by atoms with Crippen molar-refractivity contribution in [2.45, 2.75) is 26.7 Å². The highest BCUT2D eigenvalue weighted by Gasteiger charge is 2.12. The van der Waals surface area contributed by atoms with Crippen LogP contribution in [0.15, 0.2) is 17.5 Å². The second kappa shape index (κ2) is 4.41. The van der Waals surface area contributed by atoms with Crippen molar-refractivity contribution in [2.24, 2.45) is 5.92 Å². The van der Waals surface area contributed by atoms with E-state index in [9.17, 15) is 4.79 Å². The Hall–Kier alpha value is -0.630. The first-order valence-corrected chi connectivity index (χ1v) is 5.14. The monoisotopic (exact) mass is 182 g/mol. The second-order valence-corrected chi connectivity index (χ2v) is 4.03. The van der Waals surface area contributed by atoms with E-state index in [2.05, 4.69) is 18.4 Å². The molecule has 0 radical (unpaired) electrons. The number of carbonyl (C=O) groups excluding carboxylic acids is 1. The number of hydrogen-bond donors (Lipinski definition) is 0. The Morgan fingerprint density at radius 2 is 2.42 bits per heavy atom. The topological polar surface area (TPSA) is 17.1 Å². The Balaban J connectivity index is 2.54. The van der Waals surface area contributed by atoms with Crippen molar-refractivity contribution in [3.05, 3.63) is 22.4 Å². The molecule has 0 spiro atoms. The number of hydrogen-bond acceptors (Lipinski definition) is 2. The van der Waals surface area contributed by atoms with Crippen LogP contribution in [-0.2, 0) is 11.2 Å².